The van der Waals surface area contributed by atoms with Crippen LogP contribution in [0.4, 0.5) is 0 Å². The van der Waals surface area contributed by atoms with Gasteiger partial charge in [0.15, 0.2) is 17.5 Å². The van der Waals surface area contributed by atoms with E-state index >= 15 is 0 Å². The maximum absolute atomic E-state index is 5.45. The van der Waals surface area contributed by atoms with Gasteiger partial charge in [0.1, 0.15) is 0 Å². The zero-order valence-corrected chi connectivity index (χ0v) is 17.7. The van der Waals surface area contributed by atoms with E-state index in [1.54, 1.807) is 0 Å². The predicted octanol–water partition coefficient (Wildman–Crippen LogP) is 2.38. The molecule has 25 heavy (non-hydrogen) atoms. The molecule has 2 heterocycles. The third-order valence-electron chi connectivity index (χ3n) is 4.70. The molecule has 2 aliphatic rings. The summed E-state index contributed by atoms with van der Waals surface area (Å²) < 4.78 is 10.8. The average Bonchev–Trinajstić information content (AvgIpc) is 3.03. The zero-order valence-electron chi connectivity index (χ0n) is 15.3. The highest BCUT2D eigenvalue weighted by Gasteiger charge is 2.18. The molecule has 1 atom stereocenters. The van der Waals surface area contributed by atoms with Gasteiger partial charge in [0.25, 0.3) is 0 Å². The first-order chi connectivity index (χ1) is 11.7. The first kappa shape index (κ1) is 20.1. The molecule has 140 valence electrons. The predicted molar refractivity (Wildman–Crippen MR) is 111 cm³/mol. The Bertz CT molecular complexity index is 596. The van der Waals surface area contributed by atoms with Crippen LogP contribution in [0.5, 0.6) is 11.5 Å². The molecule has 2 aliphatic heterocycles. The Morgan fingerprint density at radius 1 is 1.36 bits per heavy atom. The molecule has 1 aromatic carbocycles. The van der Waals surface area contributed by atoms with Gasteiger partial charge in [0.2, 0.25) is 6.79 Å². The van der Waals surface area contributed by atoms with E-state index in [1.165, 1.54) is 24.9 Å². The summed E-state index contributed by atoms with van der Waals surface area (Å²) in [4.78, 5) is 8.98. The van der Waals surface area contributed by atoms with Gasteiger partial charge in [-0.05, 0) is 50.0 Å². The van der Waals surface area contributed by atoms with Gasteiger partial charge in [-0.3, -0.25) is 4.99 Å². The Morgan fingerprint density at radius 3 is 2.92 bits per heavy atom. The number of hydrogen-bond acceptors (Lipinski definition) is 4. The first-order valence-electron chi connectivity index (χ1n) is 8.64. The lowest BCUT2D eigenvalue weighted by atomic mass is 9.98. The number of likely N-dealkylation sites (tertiary alicyclic amines) is 1. The lowest BCUT2D eigenvalue weighted by Gasteiger charge is -2.31. The maximum Gasteiger partial charge on any atom is 0.231 e. The number of aliphatic imine (C=N–C) groups is 1. The van der Waals surface area contributed by atoms with Crippen molar-refractivity contribution in [2.75, 3.05) is 47.6 Å². The minimum Gasteiger partial charge on any atom is -0.454 e. The number of ether oxygens (including phenoxy) is 2. The summed E-state index contributed by atoms with van der Waals surface area (Å²) >= 11 is 0. The summed E-state index contributed by atoms with van der Waals surface area (Å²) in [6, 6.07) is 6.09. The minimum absolute atomic E-state index is 0. The van der Waals surface area contributed by atoms with Gasteiger partial charge in [-0.25, -0.2) is 0 Å². The largest absolute Gasteiger partial charge is 0.454 e. The molecule has 0 radical (unpaired) electrons. The molecular weight excluding hydrogens is 431 g/mol. The van der Waals surface area contributed by atoms with Crippen molar-refractivity contribution in [3.63, 3.8) is 0 Å². The van der Waals surface area contributed by atoms with Crippen LogP contribution < -0.4 is 14.8 Å². The van der Waals surface area contributed by atoms with E-state index in [1.807, 2.05) is 19.2 Å². The molecule has 1 unspecified atom stereocenters. The molecule has 0 amide bonds. The highest BCUT2D eigenvalue weighted by molar-refractivity contribution is 14.0. The van der Waals surface area contributed by atoms with Crippen molar-refractivity contribution in [1.29, 1.82) is 0 Å². The third-order valence-corrected chi connectivity index (χ3v) is 4.70. The second-order valence-corrected chi connectivity index (χ2v) is 6.74. The van der Waals surface area contributed by atoms with Crippen LogP contribution in [-0.2, 0) is 6.54 Å². The van der Waals surface area contributed by atoms with E-state index in [0.717, 1.165) is 37.1 Å². The van der Waals surface area contributed by atoms with E-state index in [2.05, 4.69) is 40.3 Å². The molecule has 1 saturated heterocycles. The van der Waals surface area contributed by atoms with E-state index < -0.39 is 0 Å². The molecular formula is C18H29IN4O2. The van der Waals surface area contributed by atoms with Crippen LogP contribution in [0.15, 0.2) is 23.2 Å². The van der Waals surface area contributed by atoms with E-state index in [9.17, 15) is 0 Å². The fraction of sp³-hybridized carbons (Fsp3) is 0.611. The second-order valence-electron chi connectivity index (χ2n) is 6.74. The molecule has 7 heteroatoms. The maximum atomic E-state index is 5.45. The van der Waals surface area contributed by atoms with E-state index in [4.69, 9.17) is 9.47 Å². The van der Waals surface area contributed by atoms with Crippen molar-refractivity contribution >= 4 is 29.9 Å². The molecule has 1 fully saturated rings. The van der Waals surface area contributed by atoms with Crippen LogP contribution >= 0.6 is 24.0 Å². The molecule has 0 saturated carbocycles. The molecule has 0 aliphatic carbocycles. The monoisotopic (exact) mass is 460 g/mol. The van der Waals surface area contributed by atoms with Crippen LogP contribution in [-0.4, -0.2) is 63.3 Å². The van der Waals surface area contributed by atoms with Crippen LogP contribution in [0.25, 0.3) is 0 Å². The summed E-state index contributed by atoms with van der Waals surface area (Å²) in [6.07, 6.45) is 2.58. The fourth-order valence-corrected chi connectivity index (χ4v) is 3.45. The van der Waals surface area contributed by atoms with Crippen molar-refractivity contribution in [3.05, 3.63) is 23.8 Å². The standard InChI is InChI=1S/C18H28N4O2.HI/c1-19-18(20-10-15-5-4-8-21(2)11-15)22(3)12-14-6-7-16-17(9-14)24-13-23-16;/h6-7,9,15H,4-5,8,10-13H2,1-3H3,(H,19,20);1H. The van der Waals surface area contributed by atoms with Gasteiger partial charge in [-0.2, -0.15) is 0 Å². The Labute approximate surface area is 167 Å². The highest BCUT2D eigenvalue weighted by Crippen LogP contribution is 2.32. The lowest BCUT2D eigenvalue weighted by molar-refractivity contribution is 0.174. The number of halogens is 1. The van der Waals surface area contributed by atoms with Crippen molar-refractivity contribution in [2.24, 2.45) is 10.9 Å². The summed E-state index contributed by atoms with van der Waals surface area (Å²) in [6.45, 7) is 4.45. The number of fused-ring (bicyclic) bond motifs is 1. The topological polar surface area (TPSA) is 49.3 Å². The van der Waals surface area contributed by atoms with Gasteiger partial charge in [-0.1, -0.05) is 6.07 Å². The lowest BCUT2D eigenvalue weighted by Crippen LogP contribution is -2.44. The molecule has 6 nitrogen and oxygen atoms in total. The zero-order chi connectivity index (χ0) is 16.9. The number of hydrogen-bond donors (Lipinski definition) is 1. The fourth-order valence-electron chi connectivity index (χ4n) is 3.45. The first-order valence-corrected chi connectivity index (χ1v) is 8.64. The van der Waals surface area contributed by atoms with Crippen molar-refractivity contribution in [1.82, 2.24) is 15.1 Å². The van der Waals surface area contributed by atoms with Crippen LogP contribution in [0, 0.1) is 5.92 Å². The quantitative estimate of drug-likeness (QED) is 0.425. The van der Waals surface area contributed by atoms with Gasteiger partial charge < -0.3 is 24.6 Å². The van der Waals surface area contributed by atoms with Crippen molar-refractivity contribution in [2.45, 2.75) is 19.4 Å². The number of nitrogens with one attached hydrogen (secondary N) is 1. The molecule has 0 spiro atoms. The normalized spacial score (nSPS) is 20.1. The van der Waals surface area contributed by atoms with Gasteiger partial charge in [0.05, 0.1) is 0 Å². The van der Waals surface area contributed by atoms with Crippen molar-refractivity contribution in [3.8, 4) is 11.5 Å². The number of benzene rings is 1. The SMILES string of the molecule is CN=C(NCC1CCCN(C)C1)N(C)Cc1ccc2c(c1)OCO2.I. The average molecular weight is 460 g/mol. The molecule has 1 N–H and O–H groups in total. The Balaban J connectivity index is 0.00000225. The minimum atomic E-state index is 0. The number of rotatable bonds is 4. The van der Waals surface area contributed by atoms with Crippen LogP contribution in [0.3, 0.4) is 0 Å². The Kier molecular flexibility index (Phi) is 7.61. The summed E-state index contributed by atoms with van der Waals surface area (Å²) in [5.74, 6) is 3.28. The Morgan fingerprint density at radius 2 is 2.16 bits per heavy atom. The van der Waals surface area contributed by atoms with Gasteiger partial charge >= 0.3 is 0 Å². The molecule has 0 aromatic heterocycles. The van der Waals surface area contributed by atoms with Gasteiger partial charge in [-0.15, -0.1) is 24.0 Å². The van der Waals surface area contributed by atoms with Crippen molar-refractivity contribution < 1.29 is 9.47 Å². The van der Waals surface area contributed by atoms with Crippen LogP contribution in [0.2, 0.25) is 0 Å². The van der Waals surface area contributed by atoms with E-state index in [0.29, 0.717) is 12.7 Å². The summed E-state index contributed by atoms with van der Waals surface area (Å²) in [5.41, 5.74) is 1.18. The smallest absolute Gasteiger partial charge is 0.231 e. The molecule has 0 bridgehead atoms. The van der Waals surface area contributed by atoms with Crippen LogP contribution in [0.1, 0.15) is 18.4 Å². The molecule has 1 aromatic rings. The Hall–Kier alpha value is -1.22. The number of guanidine groups is 1. The summed E-state index contributed by atoms with van der Waals surface area (Å²) in [7, 11) is 6.10. The third kappa shape index (κ3) is 5.37. The number of piperidine rings is 1. The number of nitrogens with zero attached hydrogens (tertiary/aromatic N) is 3. The second kappa shape index (κ2) is 9.47. The highest BCUT2D eigenvalue weighted by atomic mass is 127. The van der Waals surface area contributed by atoms with E-state index in [-0.39, 0.29) is 24.0 Å². The summed E-state index contributed by atoms with van der Waals surface area (Å²) in [5, 5.41) is 3.53. The van der Waals surface area contributed by atoms with Gasteiger partial charge in [0, 0.05) is 33.7 Å². The molecule has 3 rings (SSSR count).